The molecule has 140 valence electrons. The van der Waals surface area contributed by atoms with Gasteiger partial charge in [0.2, 0.25) is 0 Å². The Morgan fingerprint density at radius 1 is 1.12 bits per heavy atom. The van der Waals surface area contributed by atoms with E-state index in [2.05, 4.69) is 52.1 Å². The van der Waals surface area contributed by atoms with Crippen molar-refractivity contribution in [3.63, 3.8) is 0 Å². The molecule has 4 heteroatoms. The maximum absolute atomic E-state index is 6.49. The molecule has 1 unspecified atom stereocenters. The highest BCUT2D eigenvalue weighted by Crippen LogP contribution is 2.39. The van der Waals surface area contributed by atoms with Crippen LogP contribution >= 0.6 is 11.6 Å². The smallest absolute Gasteiger partial charge is 0.250 e. The Balaban J connectivity index is 1.96. The molecule has 0 fully saturated rings. The molecule has 0 heterocycles. The van der Waals surface area contributed by atoms with E-state index in [0.29, 0.717) is 17.7 Å². The predicted octanol–water partition coefficient (Wildman–Crippen LogP) is 7.13. The summed E-state index contributed by atoms with van der Waals surface area (Å²) < 4.78 is 12.5. The minimum Gasteiger partial charge on any atom is -0.543 e. The molecule has 0 aliphatic heterocycles. The van der Waals surface area contributed by atoms with Gasteiger partial charge in [0.05, 0.1) is 17.7 Å². The van der Waals surface area contributed by atoms with Gasteiger partial charge < -0.3 is 9.16 Å². The fourth-order valence-corrected chi connectivity index (χ4v) is 3.99. The van der Waals surface area contributed by atoms with Crippen molar-refractivity contribution in [1.82, 2.24) is 0 Å². The van der Waals surface area contributed by atoms with Crippen LogP contribution in [0, 0.1) is 0 Å². The molecule has 1 atom stereocenters. The van der Waals surface area contributed by atoms with Gasteiger partial charge in [-0.3, -0.25) is 0 Å². The summed E-state index contributed by atoms with van der Waals surface area (Å²) in [6, 6.07) is 6.08. The number of hydrogen-bond acceptors (Lipinski definition) is 2. The van der Waals surface area contributed by atoms with Crippen LogP contribution in [0.2, 0.25) is 23.2 Å². The number of hydrogen-bond donors (Lipinski definition) is 0. The van der Waals surface area contributed by atoms with Crippen LogP contribution in [0.3, 0.4) is 0 Å². The zero-order valence-electron chi connectivity index (χ0n) is 16.4. The molecule has 2 nitrogen and oxygen atoms in total. The predicted molar refractivity (Wildman–Crippen MR) is 110 cm³/mol. The lowest BCUT2D eigenvalue weighted by Crippen LogP contribution is -2.43. The van der Waals surface area contributed by atoms with Gasteiger partial charge in [-0.2, -0.15) is 0 Å². The van der Waals surface area contributed by atoms with Gasteiger partial charge in [-0.25, -0.2) is 0 Å². The van der Waals surface area contributed by atoms with E-state index in [-0.39, 0.29) is 5.04 Å². The van der Waals surface area contributed by atoms with Crippen LogP contribution in [0.15, 0.2) is 30.4 Å². The summed E-state index contributed by atoms with van der Waals surface area (Å²) in [7, 11) is -1.87. The highest BCUT2D eigenvalue weighted by atomic mass is 35.5. The molecule has 0 amide bonds. The maximum Gasteiger partial charge on any atom is 0.250 e. The lowest BCUT2D eigenvalue weighted by atomic mass is 10.0. The lowest BCUT2D eigenvalue weighted by Gasteiger charge is -2.36. The molecule has 0 bridgehead atoms. The third-order valence-corrected chi connectivity index (χ3v) is 10.0. The second kappa shape index (κ2) is 8.74. The zero-order valence-corrected chi connectivity index (χ0v) is 18.2. The third-order valence-electron chi connectivity index (χ3n) is 5.37. The fraction of sp³-hybridized carbons (Fsp3) is 0.619. The number of halogens is 1. The Morgan fingerprint density at radius 2 is 1.84 bits per heavy atom. The van der Waals surface area contributed by atoms with Gasteiger partial charge >= 0.3 is 0 Å². The monoisotopic (exact) mass is 380 g/mol. The van der Waals surface area contributed by atoms with Crippen molar-refractivity contribution in [2.45, 2.75) is 83.7 Å². The second-order valence-electron chi connectivity index (χ2n) is 8.54. The van der Waals surface area contributed by atoms with Crippen LogP contribution in [-0.2, 0) is 11.3 Å². The molecular weight excluding hydrogens is 348 g/mol. The second-order valence-corrected chi connectivity index (χ2v) is 13.7. The van der Waals surface area contributed by atoms with Crippen molar-refractivity contribution in [1.29, 1.82) is 0 Å². The standard InChI is InChI=1S/C21H33ClO2Si/c1-21(2,3)25(4,5)24-20-14-13-17(15-19(20)22)16-23-18-11-9-7-6-8-10-12-18/h6-7,13-15,18H,8-12,16H2,1-5H3. The van der Waals surface area contributed by atoms with Crippen molar-refractivity contribution in [2.24, 2.45) is 0 Å². The first kappa shape index (κ1) is 20.5. The number of ether oxygens (including phenoxy) is 1. The van der Waals surface area contributed by atoms with Crippen molar-refractivity contribution in [3.8, 4) is 5.75 Å². The highest BCUT2D eigenvalue weighted by molar-refractivity contribution is 6.74. The first-order valence-electron chi connectivity index (χ1n) is 9.43. The summed E-state index contributed by atoms with van der Waals surface area (Å²) in [5.74, 6) is 0.799. The van der Waals surface area contributed by atoms with Crippen LogP contribution in [-0.4, -0.2) is 14.4 Å². The molecule has 0 radical (unpaired) electrons. The van der Waals surface area contributed by atoms with E-state index >= 15 is 0 Å². The molecule has 1 aromatic rings. The Kier molecular flexibility index (Phi) is 7.18. The Labute approximate surface area is 159 Å². The average molecular weight is 381 g/mol. The van der Waals surface area contributed by atoms with Crippen LogP contribution in [0.4, 0.5) is 0 Å². The van der Waals surface area contributed by atoms with E-state index in [9.17, 15) is 0 Å². The molecule has 1 aromatic carbocycles. The molecule has 0 N–H and O–H groups in total. The number of rotatable bonds is 5. The van der Waals surface area contributed by atoms with E-state index in [0.717, 1.165) is 30.6 Å². The normalized spacial score (nSPS) is 19.4. The van der Waals surface area contributed by atoms with E-state index < -0.39 is 8.32 Å². The Morgan fingerprint density at radius 3 is 2.52 bits per heavy atom. The average Bonchev–Trinajstić information content (AvgIpc) is 2.47. The maximum atomic E-state index is 6.49. The summed E-state index contributed by atoms with van der Waals surface area (Å²) in [5, 5.41) is 0.844. The molecule has 0 spiro atoms. The van der Waals surface area contributed by atoms with E-state index in [1.807, 2.05) is 12.1 Å². The molecule has 1 aliphatic carbocycles. The summed E-state index contributed by atoms with van der Waals surface area (Å²) in [6.07, 6.45) is 10.7. The summed E-state index contributed by atoms with van der Waals surface area (Å²) in [5.41, 5.74) is 1.12. The molecule has 2 rings (SSSR count). The number of benzene rings is 1. The molecule has 1 aliphatic rings. The van der Waals surface area contributed by atoms with Crippen molar-refractivity contribution in [2.75, 3.05) is 0 Å². The van der Waals surface area contributed by atoms with Crippen LogP contribution < -0.4 is 4.43 Å². The molecule has 0 saturated carbocycles. The van der Waals surface area contributed by atoms with Gasteiger partial charge in [-0.1, -0.05) is 50.6 Å². The van der Waals surface area contributed by atoms with Crippen molar-refractivity contribution < 1.29 is 9.16 Å². The van der Waals surface area contributed by atoms with Crippen molar-refractivity contribution in [3.05, 3.63) is 40.9 Å². The van der Waals surface area contributed by atoms with E-state index in [4.69, 9.17) is 20.8 Å². The summed E-state index contributed by atoms with van der Waals surface area (Å²) in [6.45, 7) is 11.8. The van der Waals surface area contributed by atoms with Crippen molar-refractivity contribution >= 4 is 19.9 Å². The summed E-state index contributed by atoms with van der Waals surface area (Å²) in [4.78, 5) is 0. The summed E-state index contributed by atoms with van der Waals surface area (Å²) >= 11 is 6.49. The van der Waals surface area contributed by atoms with Crippen LogP contribution in [0.5, 0.6) is 5.75 Å². The minimum atomic E-state index is -1.87. The first-order chi connectivity index (χ1) is 11.7. The van der Waals surface area contributed by atoms with E-state index in [1.54, 1.807) is 0 Å². The zero-order chi connectivity index (χ0) is 18.5. The Bertz CT molecular complexity index is 590. The van der Waals surface area contributed by atoms with Gasteiger partial charge in [0.25, 0.3) is 8.32 Å². The van der Waals surface area contributed by atoms with Gasteiger partial charge in [0.15, 0.2) is 0 Å². The highest BCUT2D eigenvalue weighted by Gasteiger charge is 2.39. The molecule has 0 saturated heterocycles. The minimum absolute atomic E-state index is 0.158. The largest absolute Gasteiger partial charge is 0.543 e. The third kappa shape index (κ3) is 6.16. The lowest BCUT2D eigenvalue weighted by molar-refractivity contribution is 0.0284. The van der Waals surface area contributed by atoms with E-state index in [1.165, 1.54) is 12.8 Å². The Hall–Kier alpha value is -0.773. The topological polar surface area (TPSA) is 18.5 Å². The van der Waals surface area contributed by atoms with Crippen LogP contribution in [0.25, 0.3) is 0 Å². The first-order valence-corrected chi connectivity index (χ1v) is 12.7. The van der Waals surface area contributed by atoms with Gasteiger partial charge in [0, 0.05) is 0 Å². The molecular formula is C21H33ClO2Si. The number of allylic oxidation sites excluding steroid dienone is 2. The quantitative estimate of drug-likeness (QED) is 0.399. The van der Waals surface area contributed by atoms with Gasteiger partial charge in [-0.15, -0.1) is 0 Å². The van der Waals surface area contributed by atoms with Crippen LogP contribution in [0.1, 0.15) is 58.4 Å². The van der Waals surface area contributed by atoms with Gasteiger partial charge in [-0.05, 0) is 67.9 Å². The fourth-order valence-electron chi connectivity index (χ4n) is 2.65. The SMILES string of the molecule is CC(C)(C)[Si](C)(C)Oc1ccc(COC2CCC=CCCC2)cc1Cl. The van der Waals surface area contributed by atoms with Gasteiger partial charge in [0.1, 0.15) is 5.75 Å². The molecule has 0 aromatic heterocycles. The molecule has 25 heavy (non-hydrogen) atoms.